The Morgan fingerprint density at radius 3 is 2.86 bits per heavy atom. The zero-order chi connectivity index (χ0) is 15.1. The standard InChI is InChI=1S/C17H14N2O2/c1-2-10-21-16-9-4-3-8-15(16)17(20)19-14-7-5-6-13(11-14)12-18/h2-9,11H,1,10H2,(H,19,20). The average molecular weight is 278 g/mol. The summed E-state index contributed by atoms with van der Waals surface area (Å²) in [5.74, 6) is 0.205. The second-order valence-electron chi connectivity index (χ2n) is 4.24. The van der Waals surface area contributed by atoms with Crippen LogP contribution in [0.3, 0.4) is 0 Å². The van der Waals surface area contributed by atoms with Gasteiger partial charge in [-0.15, -0.1) is 0 Å². The van der Waals surface area contributed by atoms with Crippen LogP contribution in [-0.4, -0.2) is 12.5 Å². The Kier molecular flexibility index (Phi) is 4.73. The fourth-order valence-corrected chi connectivity index (χ4v) is 1.79. The molecule has 104 valence electrons. The molecule has 0 radical (unpaired) electrons. The molecule has 0 heterocycles. The summed E-state index contributed by atoms with van der Waals surface area (Å²) in [7, 11) is 0. The highest BCUT2D eigenvalue weighted by molar-refractivity contribution is 6.06. The summed E-state index contributed by atoms with van der Waals surface area (Å²) in [6.45, 7) is 3.91. The first-order chi connectivity index (χ1) is 10.2. The Balaban J connectivity index is 2.20. The molecule has 0 aliphatic carbocycles. The Hall–Kier alpha value is -3.06. The van der Waals surface area contributed by atoms with Crippen LogP contribution in [0.25, 0.3) is 0 Å². The second-order valence-corrected chi connectivity index (χ2v) is 4.24. The molecule has 0 unspecified atom stereocenters. The van der Waals surface area contributed by atoms with Crippen molar-refractivity contribution < 1.29 is 9.53 Å². The smallest absolute Gasteiger partial charge is 0.259 e. The molecule has 2 rings (SSSR count). The van der Waals surface area contributed by atoms with E-state index in [1.54, 1.807) is 54.6 Å². The van der Waals surface area contributed by atoms with Crippen LogP contribution in [0.15, 0.2) is 61.2 Å². The van der Waals surface area contributed by atoms with Crippen molar-refractivity contribution in [3.63, 3.8) is 0 Å². The number of para-hydroxylation sites is 1. The van der Waals surface area contributed by atoms with Crippen LogP contribution in [0.4, 0.5) is 5.69 Å². The monoisotopic (exact) mass is 278 g/mol. The van der Waals surface area contributed by atoms with E-state index in [1.165, 1.54) is 0 Å². The lowest BCUT2D eigenvalue weighted by molar-refractivity contribution is 0.102. The van der Waals surface area contributed by atoms with E-state index in [9.17, 15) is 4.79 Å². The van der Waals surface area contributed by atoms with Crippen molar-refractivity contribution in [3.8, 4) is 11.8 Å². The maximum absolute atomic E-state index is 12.3. The van der Waals surface area contributed by atoms with Crippen LogP contribution in [0.5, 0.6) is 5.75 Å². The van der Waals surface area contributed by atoms with Gasteiger partial charge in [-0.25, -0.2) is 0 Å². The highest BCUT2D eigenvalue weighted by atomic mass is 16.5. The van der Waals surface area contributed by atoms with Crippen molar-refractivity contribution >= 4 is 11.6 Å². The molecule has 4 nitrogen and oxygen atoms in total. The van der Waals surface area contributed by atoms with Crippen LogP contribution in [0.1, 0.15) is 15.9 Å². The number of carbonyl (C=O) groups excluding carboxylic acids is 1. The maximum Gasteiger partial charge on any atom is 0.259 e. The molecule has 0 aliphatic rings. The number of hydrogen-bond donors (Lipinski definition) is 1. The molecule has 1 amide bonds. The van der Waals surface area contributed by atoms with Crippen LogP contribution in [0, 0.1) is 11.3 Å². The quantitative estimate of drug-likeness (QED) is 0.853. The van der Waals surface area contributed by atoms with Gasteiger partial charge in [0.05, 0.1) is 17.2 Å². The predicted molar refractivity (Wildman–Crippen MR) is 81.2 cm³/mol. The fourth-order valence-electron chi connectivity index (χ4n) is 1.79. The molecule has 0 bridgehead atoms. The lowest BCUT2D eigenvalue weighted by Crippen LogP contribution is -2.13. The number of nitriles is 1. The third-order valence-corrected chi connectivity index (χ3v) is 2.74. The van der Waals surface area contributed by atoms with Crippen LogP contribution < -0.4 is 10.1 Å². The molecule has 2 aromatic carbocycles. The minimum absolute atomic E-state index is 0.287. The van der Waals surface area contributed by atoms with Crippen LogP contribution in [0.2, 0.25) is 0 Å². The van der Waals surface area contributed by atoms with E-state index in [2.05, 4.69) is 11.9 Å². The summed E-state index contributed by atoms with van der Waals surface area (Å²) >= 11 is 0. The lowest BCUT2D eigenvalue weighted by Gasteiger charge is -2.10. The predicted octanol–water partition coefficient (Wildman–Crippen LogP) is 3.38. The van der Waals surface area contributed by atoms with Gasteiger partial charge < -0.3 is 10.1 Å². The number of anilines is 1. The number of carbonyl (C=O) groups is 1. The van der Waals surface area contributed by atoms with Gasteiger partial charge in [-0.3, -0.25) is 4.79 Å². The molecular formula is C17H14N2O2. The van der Waals surface area contributed by atoms with Gasteiger partial charge in [-0.05, 0) is 30.3 Å². The SMILES string of the molecule is C=CCOc1ccccc1C(=O)Nc1cccc(C#N)c1. The maximum atomic E-state index is 12.3. The van der Waals surface area contributed by atoms with Crippen molar-refractivity contribution in [1.82, 2.24) is 0 Å². The van der Waals surface area contributed by atoms with Gasteiger partial charge in [-0.1, -0.05) is 30.9 Å². The summed E-state index contributed by atoms with van der Waals surface area (Å²) in [6, 6.07) is 15.7. The van der Waals surface area contributed by atoms with E-state index >= 15 is 0 Å². The molecule has 4 heteroatoms. The number of hydrogen-bond acceptors (Lipinski definition) is 3. The molecular weight excluding hydrogens is 264 g/mol. The molecule has 0 aromatic heterocycles. The summed E-state index contributed by atoms with van der Waals surface area (Å²) in [5, 5.41) is 11.6. The minimum Gasteiger partial charge on any atom is -0.489 e. The third kappa shape index (κ3) is 3.71. The van der Waals surface area contributed by atoms with Crippen LogP contribution >= 0.6 is 0 Å². The Labute approximate surface area is 123 Å². The van der Waals surface area contributed by atoms with Crippen LogP contribution in [-0.2, 0) is 0 Å². The van der Waals surface area contributed by atoms with Gasteiger partial charge in [0.15, 0.2) is 0 Å². The van der Waals surface area contributed by atoms with Gasteiger partial charge in [0.25, 0.3) is 5.91 Å². The minimum atomic E-state index is -0.287. The Morgan fingerprint density at radius 2 is 2.10 bits per heavy atom. The first-order valence-corrected chi connectivity index (χ1v) is 6.39. The number of nitrogens with one attached hydrogen (secondary N) is 1. The molecule has 0 saturated carbocycles. The van der Waals surface area contributed by atoms with Crippen molar-refractivity contribution in [3.05, 3.63) is 72.3 Å². The molecule has 21 heavy (non-hydrogen) atoms. The highest BCUT2D eigenvalue weighted by Crippen LogP contribution is 2.20. The molecule has 0 spiro atoms. The fraction of sp³-hybridized carbons (Fsp3) is 0.0588. The zero-order valence-corrected chi connectivity index (χ0v) is 11.4. The zero-order valence-electron chi connectivity index (χ0n) is 11.4. The highest BCUT2D eigenvalue weighted by Gasteiger charge is 2.12. The molecule has 1 N–H and O–H groups in total. The normalized spacial score (nSPS) is 9.48. The number of nitrogens with zero attached hydrogens (tertiary/aromatic N) is 1. The molecule has 2 aromatic rings. The van der Waals surface area contributed by atoms with E-state index in [4.69, 9.17) is 10.00 Å². The topological polar surface area (TPSA) is 62.1 Å². The van der Waals surface area contributed by atoms with Gasteiger partial charge >= 0.3 is 0 Å². The lowest BCUT2D eigenvalue weighted by atomic mass is 10.1. The van der Waals surface area contributed by atoms with E-state index in [0.717, 1.165) is 0 Å². The summed E-state index contributed by atoms with van der Waals surface area (Å²) in [4.78, 5) is 12.3. The Morgan fingerprint density at radius 1 is 1.29 bits per heavy atom. The largest absolute Gasteiger partial charge is 0.489 e. The molecule has 0 fully saturated rings. The average Bonchev–Trinajstić information content (AvgIpc) is 2.53. The summed E-state index contributed by atoms with van der Waals surface area (Å²) in [6.07, 6.45) is 1.62. The van der Waals surface area contributed by atoms with Crippen molar-refractivity contribution in [2.45, 2.75) is 0 Å². The number of rotatable bonds is 5. The van der Waals surface area contributed by atoms with Crippen molar-refractivity contribution in [1.29, 1.82) is 5.26 Å². The second kappa shape index (κ2) is 6.92. The Bertz CT molecular complexity index is 702. The van der Waals surface area contributed by atoms with Crippen molar-refractivity contribution in [2.24, 2.45) is 0 Å². The first-order valence-electron chi connectivity index (χ1n) is 6.39. The number of amides is 1. The van der Waals surface area contributed by atoms with Gasteiger partial charge in [0.1, 0.15) is 12.4 Å². The molecule has 0 saturated heterocycles. The van der Waals surface area contributed by atoms with E-state index in [1.807, 2.05) is 6.07 Å². The molecule has 0 atom stereocenters. The van der Waals surface area contributed by atoms with Gasteiger partial charge in [-0.2, -0.15) is 5.26 Å². The van der Waals surface area contributed by atoms with Gasteiger partial charge in [0, 0.05) is 5.69 Å². The van der Waals surface area contributed by atoms with E-state index in [-0.39, 0.29) is 5.91 Å². The van der Waals surface area contributed by atoms with Crippen molar-refractivity contribution in [2.75, 3.05) is 11.9 Å². The van der Waals surface area contributed by atoms with E-state index < -0.39 is 0 Å². The number of ether oxygens (including phenoxy) is 1. The van der Waals surface area contributed by atoms with E-state index in [0.29, 0.717) is 29.2 Å². The van der Waals surface area contributed by atoms with Gasteiger partial charge in [0.2, 0.25) is 0 Å². The summed E-state index contributed by atoms with van der Waals surface area (Å²) in [5.41, 5.74) is 1.49. The first kappa shape index (κ1) is 14.4. The third-order valence-electron chi connectivity index (χ3n) is 2.74. The summed E-state index contributed by atoms with van der Waals surface area (Å²) < 4.78 is 5.46. The number of benzene rings is 2. The molecule has 0 aliphatic heterocycles.